The van der Waals surface area contributed by atoms with Gasteiger partial charge in [0, 0.05) is 6.42 Å². The number of hydrogen-bond donors (Lipinski definition) is 6. The van der Waals surface area contributed by atoms with Crippen LogP contribution in [-0.2, 0) is 14.3 Å². The SMILES string of the molecule is CCCCCCCCCC/C=C\CCCCCCCCCCCCCCCCCC(=O)NC(COC1OC(CO)C(O)C(O)C1O)C(O)CCCCCCCCCCCCCCCCCCCCCCCC. The molecule has 1 heterocycles. The number of rotatable bonds is 56. The molecule has 0 bridgehead atoms. The minimum atomic E-state index is -1.55. The molecule has 9 heteroatoms. The highest BCUT2D eigenvalue weighted by Crippen LogP contribution is 2.24. The van der Waals surface area contributed by atoms with Crippen molar-refractivity contribution in [1.82, 2.24) is 5.32 Å². The van der Waals surface area contributed by atoms with E-state index in [4.69, 9.17) is 9.47 Å². The van der Waals surface area contributed by atoms with Crippen LogP contribution in [0.1, 0.15) is 328 Å². The summed E-state index contributed by atoms with van der Waals surface area (Å²) in [5, 5.41) is 54.8. The average Bonchev–Trinajstić information content (AvgIpc) is 3.38. The van der Waals surface area contributed by atoms with Crippen molar-refractivity contribution >= 4 is 5.91 Å². The van der Waals surface area contributed by atoms with E-state index in [9.17, 15) is 30.3 Å². The van der Waals surface area contributed by atoms with Crippen molar-refractivity contribution in [2.24, 2.45) is 0 Å². The molecule has 1 aliphatic rings. The summed E-state index contributed by atoms with van der Waals surface area (Å²) in [4.78, 5) is 13.1. The molecule has 1 aliphatic heterocycles. The van der Waals surface area contributed by atoms with Crippen LogP contribution >= 0.6 is 0 Å². The zero-order valence-electron chi connectivity index (χ0n) is 47.7. The maximum absolute atomic E-state index is 13.1. The first-order chi connectivity index (χ1) is 35.3. The molecule has 428 valence electrons. The van der Waals surface area contributed by atoms with Crippen LogP contribution in [0.15, 0.2) is 12.2 Å². The van der Waals surface area contributed by atoms with Crippen LogP contribution in [-0.4, -0.2) is 87.5 Å². The Hall–Kier alpha value is -1.07. The van der Waals surface area contributed by atoms with E-state index in [2.05, 4.69) is 31.3 Å². The molecule has 0 aromatic heterocycles. The van der Waals surface area contributed by atoms with Gasteiger partial charge in [-0.2, -0.15) is 0 Å². The molecule has 9 nitrogen and oxygen atoms in total. The lowest BCUT2D eigenvalue weighted by molar-refractivity contribution is -0.302. The van der Waals surface area contributed by atoms with Crippen LogP contribution in [0, 0.1) is 0 Å². The molecule has 0 spiro atoms. The Morgan fingerprint density at radius 2 is 0.778 bits per heavy atom. The first-order valence-corrected chi connectivity index (χ1v) is 31.9. The van der Waals surface area contributed by atoms with E-state index < -0.39 is 49.5 Å². The lowest BCUT2D eigenvalue weighted by Gasteiger charge is -2.40. The van der Waals surface area contributed by atoms with Gasteiger partial charge in [-0.15, -0.1) is 0 Å². The van der Waals surface area contributed by atoms with Gasteiger partial charge < -0.3 is 40.3 Å². The van der Waals surface area contributed by atoms with E-state index in [1.165, 1.54) is 263 Å². The number of carbonyl (C=O) groups is 1. The molecule has 1 saturated heterocycles. The average molecular weight is 1020 g/mol. The number of carbonyl (C=O) groups excluding carboxylic acids is 1. The molecule has 1 rings (SSSR count). The number of allylic oxidation sites excluding steroid dienone is 2. The molecule has 0 radical (unpaired) electrons. The fraction of sp³-hybridized carbons (Fsp3) is 0.952. The van der Waals surface area contributed by atoms with Gasteiger partial charge in [-0.3, -0.25) is 4.79 Å². The monoisotopic (exact) mass is 1020 g/mol. The molecule has 6 N–H and O–H groups in total. The van der Waals surface area contributed by atoms with Crippen molar-refractivity contribution in [2.75, 3.05) is 13.2 Å². The van der Waals surface area contributed by atoms with Crippen LogP contribution in [0.5, 0.6) is 0 Å². The molecule has 0 aromatic rings. The van der Waals surface area contributed by atoms with Crippen molar-refractivity contribution in [3.05, 3.63) is 12.2 Å². The highest BCUT2D eigenvalue weighted by Gasteiger charge is 2.44. The number of unbranched alkanes of at least 4 members (excludes halogenated alkanes) is 44. The first-order valence-electron chi connectivity index (χ1n) is 31.9. The Morgan fingerprint density at radius 1 is 0.458 bits per heavy atom. The van der Waals surface area contributed by atoms with Gasteiger partial charge in [-0.1, -0.05) is 296 Å². The van der Waals surface area contributed by atoms with E-state index in [0.29, 0.717) is 12.8 Å². The first kappa shape index (κ1) is 68.9. The lowest BCUT2D eigenvalue weighted by Crippen LogP contribution is -2.60. The zero-order chi connectivity index (χ0) is 52.2. The van der Waals surface area contributed by atoms with Crippen molar-refractivity contribution < 1.29 is 39.8 Å². The highest BCUT2D eigenvalue weighted by atomic mass is 16.7. The summed E-state index contributed by atoms with van der Waals surface area (Å²) < 4.78 is 11.3. The molecule has 7 atom stereocenters. The van der Waals surface area contributed by atoms with Crippen LogP contribution in [0.3, 0.4) is 0 Å². The van der Waals surface area contributed by atoms with E-state index in [-0.39, 0.29) is 12.5 Å². The summed E-state index contributed by atoms with van der Waals surface area (Å²) in [6.07, 6.45) is 59.7. The highest BCUT2D eigenvalue weighted by molar-refractivity contribution is 5.76. The van der Waals surface area contributed by atoms with Gasteiger partial charge in [0.05, 0.1) is 25.4 Å². The van der Waals surface area contributed by atoms with Gasteiger partial charge in [0.25, 0.3) is 0 Å². The largest absolute Gasteiger partial charge is 0.394 e. The third-order valence-corrected chi connectivity index (χ3v) is 15.6. The molecular weight excluding hydrogens is 899 g/mol. The van der Waals surface area contributed by atoms with E-state index in [1.54, 1.807) is 0 Å². The molecule has 0 aromatic carbocycles. The minimum absolute atomic E-state index is 0.132. The molecular formula is C63H123NO8. The maximum atomic E-state index is 13.1. The summed E-state index contributed by atoms with van der Waals surface area (Å²) in [6, 6.07) is -0.716. The molecule has 72 heavy (non-hydrogen) atoms. The number of amides is 1. The zero-order valence-corrected chi connectivity index (χ0v) is 47.7. The smallest absolute Gasteiger partial charge is 0.220 e. The number of aliphatic hydroxyl groups is 5. The minimum Gasteiger partial charge on any atom is -0.394 e. The number of hydrogen-bond acceptors (Lipinski definition) is 8. The summed E-state index contributed by atoms with van der Waals surface area (Å²) >= 11 is 0. The second-order valence-electron chi connectivity index (χ2n) is 22.6. The molecule has 0 aliphatic carbocycles. The van der Waals surface area contributed by atoms with Gasteiger partial charge in [0.2, 0.25) is 5.91 Å². The Bertz CT molecular complexity index is 1140. The normalized spacial score (nSPS) is 19.1. The molecule has 0 saturated carbocycles. The van der Waals surface area contributed by atoms with Crippen molar-refractivity contribution in [3.8, 4) is 0 Å². The molecule has 1 amide bonds. The Balaban J connectivity index is 2.14. The number of nitrogens with one attached hydrogen (secondary N) is 1. The predicted octanol–water partition coefficient (Wildman–Crippen LogP) is 16.4. The van der Waals surface area contributed by atoms with E-state index in [1.807, 2.05) is 0 Å². The summed E-state index contributed by atoms with van der Waals surface area (Å²) in [5.74, 6) is -0.137. The van der Waals surface area contributed by atoms with E-state index >= 15 is 0 Å². The topological polar surface area (TPSA) is 149 Å². The number of ether oxygens (including phenoxy) is 2. The van der Waals surface area contributed by atoms with Gasteiger partial charge in [0.1, 0.15) is 24.4 Å². The number of aliphatic hydroxyl groups excluding tert-OH is 5. The van der Waals surface area contributed by atoms with Crippen LogP contribution in [0.25, 0.3) is 0 Å². The molecule has 1 fully saturated rings. The maximum Gasteiger partial charge on any atom is 0.220 e. The fourth-order valence-electron chi connectivity index (χ4n) is 10.6. The van der Waals surface area contributed by atoms with Gasteiger partial charge >= 0.3 is 0 Å². The van der Waals surface area contributed by atoms with Crippen LogP contribution in [0.4, 0.5) is 0 Å². The van der Waals surface area contributed by atoms with E-state index in [0.717, 1.165) is 38.5 Å². The van der Waals surface area contributed by atoms with Crippen molar-refractivity contribution in [2.45, 2.75) is 371 Å². The second kappa shape index (κ2) is 53.3. The Morgan fingerprint density at radius 3 is 1.12 bits per heavy atom. The van der Waals surface area contributed by atoms with Crippen LogP contribution in [0.2, 0.25) is 0 Å². The fourth-order valence-corrected chi connectivity index (χ4v) is 10.6. The van der Waals surface area contributed by atoms with Gasteiger partial charge in [-0.05, 0) is 38.5 Å². The quantitative estimate of drug-likeness (QED) is 0.0261. The Labute approximate surface area is 446 Å². The van der Waals surface area contributed by atoms with Gasteiger partial charge in [-0.25, -0.2) is 0 Å². The standard InChI is InChI=1S/C63H123NO8/c1-3-5-7-9-11-13-15-17-19-21-23-25-27-28-29-30-31-33-35-37-39-41-43-45-47-49-51-53-59(67)64-56(55-71-63-62(70)61(69)60(68)58(54-65)72-63)57(66)52-50-48-46-44-42-40-38-36-34-32-26-24-22-20-18-16-14-12-10-8-6-4-2/h21,23,56-58,60-63,65-66,68-70H,3-20,22,24-55H2,1-2H3,(H,64,67)/b23-21-. The molecule has 7 unspecified atom stereocenters. The van der Waals surface area contributed by atoms with Crippen molar-refractivity contribution in [3.63, 3.8) is 0 Å². The summed E-state index contributed by atoms with van der Waals surface area (Å²) in [6.45, 7) is 3.89. The van der Waals surface area contributed by atoms with Crippen molar-refractivity contribution in [1.29, 1.82) is 0 Å². The van der Waals surface area contributed by atoms with Gasteiger partial charge in [0.15, 0.2) is 6.29 Å². The third kappa shape index (κ3) is 42.1. The lowest BCUT2D eigenvalue weighted by atomic mass is 9.99. The predicted molar refractivity (Wildman–Crippen MR) is 304 cm³/mol. The van der Waals surface area contributed by atoms with Crippen LogP contribution < -0.4 is 5.32 Å². The summed E-state index contributed by atoms with van der Waals surface area (Å²) in [5.41, 5.74) is 0. The summed E-state index contributed by atoms with van der Waals surface area (Å²) in [7, 11) is 0. The second-order valence-corrected chi connectivity index (χ2v) is 22.6. The third-order valence-electron chi connectivity index (χ3n) is 15.6. The Kier molecular flexibility index (Phi) is 51.1.